The fourth-order valence-corrected chi connectivity index (χ4v) is 6.15. The quantitative estimate of drug-likeness (QED) is 0.572. The Kier molecular flexibility index (Phi) is 6.25. The number of pyridine rings is 1. The van der Waals surface area contributed by atoms with Crippen LogP contribution in [0.5, 0.6) is 0 Å². The molecule has 5 rings (SSSR count). The smallest absolute Gasteiger partial charge is 0.263 e. The molecule has 1 saturated carbocycles. The zero-order chi connectivity index (χ0) is 22.8. The van der Waals surface area contributed by atoms with Gasteiger partial charge in [0.15, 0.2) is 0 Å². The third kappa shape index (κ3) is 4.70. The number of nitrogens with one attached hydrogen (secondary N) is 1. The lowest BCUT2D eigenvalue weighted by Gasteiger charge is -2.46. The van der Waals surface area contributed by atoms with Crippen molar-refractivity contribution in [2.75, 3.05) is 36.9 Å². The largest absolute Gasteiger partial charge is 0.397 e. The first kappa shape index (κ1) is 22.2. The van der Waals surface area contributed by atoms with Crippen molar-refractivity contribution in [1.82, 2.24) is 10.3 Å². The van der Waals surface area contributed by atoms with Gasteiger partial charge in [0, 0.05) is 36.4 Å². The molecule has 7 heteroatoms. The van der Waals surface area contributed by atoms with Crippen molar-refractivity contribution >= 4 is 38.8 Å². The van der Waals surface area contributed by atoms with Gasteiger partial charge in [-0.1, -0.05) is 31.4 Å². The molecular formula is C26H32N4O2S. The SMILES string of the molecule is Cc1ccc2c(N)c(C(=O)NCCc3ccc(N4CCOC5(CCCCC5)C4)cc3)sc2n1. The Morgan fingerprint density at radius 2 is 1.97 bits per heavy atom. The molecule has 1 spiro atoms. The van der Waals surface area contributed by atoms with Crippen molar-refractivity contribution in [3.8, 4) is 0 Å². The minimum absolute atomic E-state index is 0.0576. The van der Waals surface area contributed by atoms with Gasteiger partial charge in [-0.15, -0.1) is 11.3 Å². The number of nitrogens with two attached hydrogens (primary N) is 1. The fraction of sp³-hybridized carbons (Fsp3) is 0.462. The second-order valence-electron chi connectivity index (χ2n) is 9.34. The van der Waals surface area contributed by atoms with Gasteiger partial charge in [-0.2, -0.15) is 0 Å². The highest BCUT2D eigenvalue weighted by molar-refractivity contribution is 7.21. The van der Waals surface area contributed by atoms with Crippen molar-refractivity contribution in [2.45, 2.75) is 51.0 Å². The number of thiophene rings is 1. The summed E-state index contributed by atoms with van der Waals surface area (Å²) in [6.07, 6.45) is 7.04. The van der Waals surface area contributed by atoms with E-state index in [9.17, 15) is 4.79 Å². The van der Waals surface area contributed by atoms with E-state index in [1.165, 1.54) is 54.7 Å². The first-order chi connectivity index (χ1) is 16.0. The summed E-state index contributed by atoms with van der Waals surface area (Å²) in [7, 11) is 0. The van der Waals surface area contributed by atoms with Gasteiger partial charge in [0.05, 0.1) is 17.9 Å². The second-order valence-corrected chi connectivity index (χ2v) is 10.3. The Hall–Kier alpha value is -2.64. The van der Waals surface area contributed by atoms with Crippen LogP contribution < -0.4 is 16.0 Å². The number of aryl methyl sites for hydroxylation is 1. The number of amides is 1. The molecule has 174 valence electrons. The van der Waals surface area contributed by atoms with Crippen LogP contribution >= 0.6 is 11.3 Å². The van der Waals surface area contributed by atoms with Crippen LogP contribution in [0.15, 0.2) is 36.4 Å². The molecule has 0 radical (unpaired) electrons. The minimum Gasteiger partial charge on any atom is -0.397 e. The maximum Gasteiger partial charge on any atom is 0.263 e. The average Bonchev–Trinajstić information content (AvgIpc) is 3.15. The van der Waals surface area contributed by atoms with Gasteiger partial charge < -0.3 is 20.7 Å². The normalized spacial score (nSPS) is 18.0. The summed E-state index contributed by atoms with van der Waals surface area (Å²) in [6, 6.07) is 12.6. The molecule has 3 aromatic rings. The third-order valence-corrected chi connectivity index (χ3v) is 8.07. The van der Waals surface area contributed by atoms with Crippen LogP contribution in [0.2, 0.25) is 0 Å². The van der Waals surface area contributed by atoms with E-state index in [4.69, 9.17) is 10.5 Å². The number of carbonyl (C=O) groups excluding carboxylic acids is 1. The molecule has 3 N–H and O–H groups in total. The number of fused-ring (bicyclic) bond motifs is 1. The van der Waals surface area contributed by atoms with Crippen LogP contribution in [0, 0.1) is 6.92 Å². The van der Waals surface area contributed by atoms with Gasteiger partial charge >= 0.3 is 0 Å². The predicted octanol–water partition coefficient (Wildman–Crippen LogP) is 4.70. The summed E-state index contributed by atoms with van der Waals surface area (Å²) in [6.45, 7) is 5.26. The maximum absolute atomic E-state index is 12.7. The molecule has 3 heterocycles. The molecule has 6 nitrogen and oxygen atoms in total. The molecule has 2 aliphatic rings. The number of aromatic nitrogens is 1. The summed E-state index contributed by atoms with van der Waals surface area (Å²) in [5.41, 5.74) is 10.2. The van der Waals surface area contributed by atoms with Crippen LogP contribution in [-0.4, -0.2) is 42.7 Å². The number of nitrogen functional groups attached to an aromatic ring is 1. The molecule has 2 fully saturated rings. The first-order valence-corrected chi connectivity index (χ1v) is 12.8. The van der Waals surface area contributed by atoms with Gasteiger partial charge in [-0.25, -0.2) is 4.98 Å². The van der Waals surface area contributed by atoms with Gasteiger partial charge in [-0.3, -0.25) is 4.79 Å². The van der Waals surface area contributed by atoms with Gasteiger partial charge in [0.1, 0.15) is 9.71 Å². The van der Waals surface area contributed by atoms with Crippen molar-refractivity contribution in [3.05, 3.63) is 52.5 Å². The number of nitrogens with zero attached hydrogens (tertiary/aromatic N) is 2. The second kappa shape index (κ2) is 9.31. The lowest BCUT2D eigenvalue weighted by atomic mass is 9.83. The molecule has 2 aromatic heterocycles. The van der Waals surface area contributed by atoms with Crippen molar-refractivity contribution < 1.29 is 9.53 Å². The summed E-state index contributed by atoms with van der Waals surface area (Å²) < 4.78 is 6.23. The third-order valence-electron chi connectivity index (χ3n) is 6.95. The molecule has 1 saturated heterocycles. The van der Waals surface area contributed by atoms with Crippen molar-refractivity contribution in [3.63, 3.8) is 0 Å². The Labute approximate surface area is 199 Å². The topological polar surface area (TPSA) is 80.5 Å². The van der Waals surface area contributed by atoms with Crippen LogP contribution in [-0.2, 0) is 11.2 Å². The van der Waals surface area contributed by atoms with Crippen molar-refractivity contribution in [1.29, 1.82) is 0 Å². The fourth-order valence-electron chi connectivity index (χ4n) is 5.10. The van der Waals surface area contributed by atoms with E-state index in [0.717, 1.165) is 42.0 Å². The van der Waals surface area contributed by atoms with Crippen LogP contribution in [0.1, 0.15) is 53.0 Å². The van der Waals surface area contributed by atoms with E-state index >= 15 is 0 Å². The Morgan fingerprint density at radius 1 is 1.18 bits per heavy atom. The number of anilines is 2. The molecule has 1 aliphatic carbocycles. The highest BCUT2D eigenvalue weighted by atomic mass is 32.1. The van der Waals surface area contributed by atoms with Crippen LogP contribution in [0.3, 0.4) is 0 Å². The van der Waals surface area contributed by atoms with E-state index in [1.54, 1.807) is 0 Å². The van der Waals surface area contributed by atoms with E-state index in [2.05, 4.69) is 39.5 Å². The zero-order valence-electron chi connectivity index (χ0n) is 19.2. The van der Waals surface area contributed by atoms with Gasteiger partial charge in [0.25, 0.3) is 5.91 Å². The molecule has 1 aromatic carbocycles. The van der Waals surface area contributed by atoms with Crippen LogP contribution in [0.4, 0.5) is 11.4 Å². The first-order valence-electron chi connectivity index (χ1n) is 11.9. The number of hydrogen-bond donors (Lipinski definition) is 2. The molecule has 1 aliphatic heterocycles. The molecule has 0 atom stereocenters. The van der Waals surface area contributed by atoms with E-state index in [0.29, 0.717) is 17.1 Å². The molecular weight excluding hydrogens is 432 g/mol. The Morgan fingerprint density at radius 3 is 2.76 bits per heavy atom. The average molecular weight is 465 g/mol. The summed E-state index contributed by atoms with van der Waals surface area (Å²) in [5.74, 6) is -0.129. The summed E-state index contributed by atoms with van der Waals surface area (Å²) in [4.78, 5) is 21.0. The number of benzene rings is 1. The summed E-state index contributed by atoms with van der Waals surface area (Å²) in [5, 5.41) is 3.87. The van der Waals surface area contributed by atoms with E-state index < -0.39 is 0 Å². The zero-order valence-corrected chi connectivity index (χ0v) is 20.0. The van der Waals surface area contributed by atoms with Gasteiger partial charge in [0.2, 0.25) is 0 Å². The predicted molar refractivity (Wildman–Crippen MR) is 135 cm³/mol. The number of ether oxygens (including phenoxy) is 1. The molecule has 33 heavy (non-hydrogen) atoms. The lowest BCUT2D eigenvalue weighted by molar-refractivity contribution is -0.0782. The number of hydrogen-bond acceptors (Lipinski definition) is 6. The van der Waals surface area contributed by atoms with Gasteiger partial charge in [-0.05, 0) is 56.0 Å². The minimum atomic E-state index is -0.129. The number of morpholine rings is 1. The molecule has 0 unspecified atom stereocenters. The lowest BCUT2D eigenvalue weighted by Crippen LogP contribution is -2.52. The maximum atomic E-state index is 12.7. The highest BCUT2D eigenvalue weighted by Crippen LogP contribution is 2.36. The number of carbonyl (C=O) groups is 1. The number of rotatable bonds is 5. The van der Waals surface area contributed by atoms with E-state index in [1.807, 2.05) is 19.1 Å². The summed E-state index contributed by atoms with van der Waals surface area (Å²) >= 11 is 1.36. The Bertz CT molecular complexity index is 1130. The molecule has 1 amide bonds. The Balaban J connectivity index is 1.17. The van der Waals surface area contributed by atoms with Crippen molar-refractivity contribution in [2.24, 2.45) is 0 Å². The van der Waals surface area contributed by atoms with Crippen LogP contribution in [0.25, 0.3) is 10.2 Å². The molecule has 0 bridgehead atoms. The van der Waals surface area contributed by atoms with E-state index in [-0.39, 0.29) is 11.5 Å². The monoisotopic (exact) mass is 464 g/mol. The standard InChI is InChI=1S/C26H32N4O2S/c1-18-5-10-21-22(27)23(33-25(21)29-18)24(31)28-14-11-19-6-8-20(9-7-19)30-15-16-32-26(17-30)12-3-2-4-13-26/h5-10H,2-4,11-17,27H2,1H3,(H,28,31). The highest BCUT2D eigenvalue weighted by Gasteiger charge is 2.37.